The number of carbonyl (C=O) groups excluding carboxylic acids is 1. The van der Waals surface area contributed by atoms with Crippen LogP contribution in [0, 0.1) is 5.41 Å². The Bertz CT molecular complexity index is 454. The van der Waals surface area contributed by atoms with Crippen LogP contribution in [0.15, 0.2) is 23.1 Å². The van der Waals surface area contributed by atoms with E-state index in [2.05, 4.69) is 5.32 Å². The second-order valence-electron chi connectivity index (χ2n) is 4.36. The number of carbonyl (C=O) groups is 1. The van der Waals surface area contributed by atoms with Crippen LogP contribution in [-0.4, -0.2) is 18.8 Å². The Labute approximate surface area is 98.6 Å². The van der Waals surface area contributed by atoms with Gasteiger partial charge in [-0.15, -0.1) is 11.8 Å². The molecule has 1 amide bonds. The lowest BCUT2D eigenvalue weighted by Crippen LogP contribution is -2.24. The first-order chi connectivity index (χ1) is 7.75. The van der Waals surface area contributed by atoms with E-state index in [1.807, 2.05) is 18.2 Å². The van der Waals surface area contributed by atoms with Crippen LogP contribution in [0.3, 0.4) is 0 Å². The van der Waals surface area contributed by atoms with Crippen molar-refractivity contribution in [2.75, 3.05) is 18.2 Å². The first-order valence-corrected chi connectivity index (χ1v) is 6.35. The van der Waals surface area contributed by atoms with Crippen LogP contribution in [0.1, 0.15) is 12.8 Å². The Morgan fingerprint density at radius 1 is 1.44 bits per heavy atom. The molecule has 0 saturated heterocycles. The first-order valence-electron chi connectivity index (χ1n) is 5.36. The van der Waals surface area contributed by atoms with Crippen LogP contribution in [0.4, 0.5) is 5.69 Å². The molecule has 1 saturated carbocycles. The predicted molar refractivity (Wildman–Crippen MR) is 64.0 cm³/mol. The maximum absolute atomic E-state index is 12.0. The van der Waals surface area contributed by atoms with Crippen LogP contribution >= 0.6 is 11.8 Å². The van der Waals surface area contributed by atoms with Crippen LogP contribution in [-0.2, 0) is 4.79 Å². The van der Waals surface area contributed by atoms with Crippen molar-refractivity contribution in [3.8, 4) is 5.75 Å². The summed E-state index contributed by atoms with van der Waals surface area (Å²) in [6.07, 6.45) is 2.03. The van der Waals surface area contributed by atoms with Gasteiger partial charge in [0.1, 0.15) is 5.75 Å². The van der Waals surface area contributed by atoms with Crippen LogP contribution in [0.25, 0.3) is 0 Å². The van der Waals surface area contributed by atoms with Gasteiger partial charge in [-0.2, -0.15) is 0 Å². The van der Waals surface area contributed by atoms with Crippen molar-refractivity contribution in [2.45, 2.75) is 17.7 Å². The van der Waals surface area contributed by atoms with E-state index in [0.29, 0.717) is 0 Å². The van der Waals surface area contributed by atoms with Crippen LogP contribution in [0.5, 0.6) is 5.75 Å². The Balaban J connectivity index is 2.03. The van der Waals surface area contributed by atoms with E-state index < -0.39 is 0 Å². The minimum atomic E-state index is -0.102. The summed E-state index contributed by atoms with van der Waals surface area (Å²) >= 11 is 1.75. The summed E-state index contributed by atoms with van der Waals surface area (Å²) in [7, 11) is 1.63. The lowest BCUT2D eigenvalue weighted by molar-refractivity contribution is -0.120. The number of hydrogen-bond donors (Lipinski definition) is 1. The Hall–Kier alpha value is -1.16. The zero-order valence-electron chi connectivity index (χ0n) is 9.08. The van der Waals surface area contributed by atoms with Gasteiger partial charge in [-0.3, -0.25) is 4.79 Å². The summed E-state index contributed by atoms with van der Waals surface area (Å²) in [6, 6.07) is 5.87. The molecule has 0 atom stereocenters. The van der Waals surface area contributed by atoms with Crippen LogP contribution < -0.4 is 10.1 Å². The van der Waals surface area contributed by atoms with Gasteiger partial charge in [0.05, 0.1) is 18.2 Å². The number of methoxy groups -OCH3 is 1. The second kappa shape index (κ2) is 3.42. The molecule has 1 fully saturated rings. The van der Waals surface area contributed by atoms with Gasteiger partial charge in [0.25, 0.3) is 0 Å². The van der Waals surface area contributed by atoms with Crippen molar-refractivity contribution in [1.82, 2.24) is 0 Å². The van der Waals surface area contributed by atoms with Crippen molar-refractivity contribution in [1.29, 1.82) is 0 Å². The first kappa shape index (κ1) is 10.0. The van der Waals surface area contributed by atoms with E-state index in [9.17, 15) is 4.79 Å². The Morgan fingerprint density at radius 3 is 2.94 bits per heavy atom. The molecule has 1 aromatic rings. The fraction of sp³-hybridized carbons (Fsp3) is 0.417. The number of nitrogens with one attached hydrogen (secondary N) is 1. The lowest BCUT2D eigenvalue weighted by Gasteiger charge is -2.11. The van der Waals surface area contributed by atoms with E-state index in [4.69, 9.17) is 4.74 Å². The highest BCUT2D eigenvalue weighted by Crippen LogP contribution is 2.53. The van der Waals surface area contributed by atoms with Crippen molar-refractivity contribution in [2.24, 2.45) is 5.41 Å². The fourth-order valence-electron chi connectivity index (χ4n) is 1.97. The number of ether oxygens (including phenoxy) is 1. The average Bonchev–Trinajstić information content (AvgIpc) is 3.09. The molecule has 1 spiro atoms. The number of para-hydroxylation sites is 1. The molecule has 84 valence electrons. The molecule has 0 bridgehead atoms. The summed E-state index contributed by atoms with van der Waals surface area (Å²) in [6.45, 7) is 0. The third-order valence-corrected chi connectivity index (χ3v) is 4.63. The molecule has 1 aliphatic heterocycles. The molecule has 0 radical (unpaired) electrons. The molecule has 0 aromatic heterocycles. The number of anilines is 1. The molecule has 1 heterocycles. The third kappa shape index (κ3) is 1.40. The quantitative estimate of drug-likeness (QED) is 0.813. The SMILES string of the molecule is COc1cccc2c1NC(=O)C1(CC1)CS2. The number of rotatable bonds is 1. The molecule has 3 nitrogen and oxygen atoms in total. The average molecular weight is 235 g/mol. The Morgan fingerprint density at radius 2 is 2.25 bits per heavy atom. The van der Waals surface area contributed by atoms with E-state index >= 15 is 0 Å². The molecule has 3 rings (SSSR count). The zero-order chi connectivity index (χ0) is 11.2. The topological polar surface area (TPSA) is 38.3 Å². The van der Waals surface area contributed by atoms with E-state index in [0.717, 1.165) is 34.9 Å². The van der Waals surface area contributed by atoms with Gasteiger partial charge >= 0.3 is 0 Å². The van der Waals surface area contributed by atoms with Gasteiger partial charge in [0, 0.05) is 10.6 Å². The summed E-state index contributed by atoms with van der Waals surface area (Å²) < 4.78 is 5.28. The number of thioether (sulfide) groups is 1. The summed E-state index contributed by atoms with van der Waals surface area (Å²) in [5.41, 5.74) is 0.734. The minimum absolute atomic E-state index is 0.102. The van der Waals surface area contributed by atoms with Gasteiger partial charge in [-0.1, -0.05) is 6.07 Å². The number of hydrogen-bond acceptors (Lipinski definition) is 3. The third-order valence-electron chi connectivity index (χ3n) is 3.29. The summed E-state index contributed by atoms with van der Waals surface area (Å²) in [4.78, 5) is 13.2. The number of fused-ring (bicyclic) bond motifs is 1. The second-order valence-corrected chi connectivity index (χ2v) is 5.37. The molecule has 1 aliphatic carbocycles. The van der Waals surface area contributed by atoms with Crippen molar-refractivity contribution in [3.63, 3.8) is 0 Å². The van der Waals surface area contributed by atoms with Crippen LogP contribution in [0.2, 0.25) is 0 Å². The molecule has 1 aromatic carbocycles. The van der Waals surface area contributed by atoms with E-state index in [-0.39, 0.29) is 11.3 Å². The summed E-state index contributed by atoms with van der Waals surface area (Å²) in [5, 5.41) is 3.01. The molecule has 4 heteroatoms. The lowest BCUT2D eigenvalue weighted by atomic mass is 10.1. The highest BCUT2D eigenvalue weighted by molar-refractivity contribution is 7.99. The molecule has 16 heavy (non-hydrogen) atoms. The van der Waals surface area contributed by atoms with Crippen molar-refractivity contribution >= 4 is 23.4 Å². The van der Waals surface area contributed by atoms with Gasteiger partial charge in [-0.25, -0.2) is 0 Å². The van der Waals surface area contributed by atoms with E-state index in [1.54, 1.807) is 18.9 Å². The standard InChI is InChI=1S/C12H13NO2S/c1-15-8-3-2-4-9-10(8)13-11(14)12(5-6-12)7-16-9/h2-4H,5-7H2,1H3,(H,13,14). The zero-order valence-corrected chi connectivity index (χ0v) is 9.89. The summed E-state index contributed by atoms with van der Waals surface area (Å²) in [5.74, 6) is 1.79. The smallest absolute Gasteiger partial charge is 0.231 e. The molecule has 0 unspecified atom stereocenters. The largest absolute Gasteiger partial charge is 0.495 e. The predicted octanol–water partition coefficient (Wildman–Crippen LogP) is 2.52. The molecule has 1 N–H and O–H groups in total. The van der Waals surface area contributed by atoms with Crippen molar-refractivity contribution in [3.05, 3.63) is 18.2 Å². The highest BCUT2D eigenvalue weighted by atomic mass is 32.2. The minimum Gasteiger partial charge on any atom is -0.495 e. The van der Waals surface area contributed by atoms with Crippen molar-refractivity contribution < 1.29 is 9.53 Å². The fourth-order valence-corrected chi connectivity index (χ4v) is 3.30. The number of amides is 1. The highest BCUT2D eigenvalue weighted by Gasteiger charge is 2.51. The molecule has 2 aliphatic rings. The molecular formula is C12H13NO2S. The Kier molecular flexibility index (Phi) is 2.14. The number of benzene rings is 1. The monoisotopic (exact) mass is 235 g/mol. The van der Waals surface area contributed by atoms with Gasteiger partial charge in [0.2, 0.25) is 5.91 Å². The van der Waals surface area contributed by atoms with Gasteiger partial charge < -0.3 is 10.1 Å². The van der Waals surface area contributed by atoms with Gasteiger partial charge in [-0.05, 0) is 25.0 Å². The maximum Gasteiger partial charge on any atom is 0.231 e. The van der Waals surface area contributed by atoms with E-state index in [1.165, 1.54) is 0 Å². The van der Waals surface area contributed by atoms with Gasteiger partial charge in [0.15, 0.2) is 0 Å². The molecular weight excluding hydrogens is 222 g/mol. The normalized spacial score (nSPS) is 20.9. The maximum atomic E-state index is 12.0.